The van der Waals surface area contributed by atoms with E-state index in [1.54, 1.807) is 0 Å². The number of rotatable bonds is 4. The monoisotopic (exact) mass is 327 g/mol. The van der Waals surface area contributed by atoms with Crippen molar-refractivity contribution in [3.8, 4) is 5.75 Å². The first-order valence-electron chi connectivity index (χ1n) is 6.72. The van der Waals surface area contributed by atoms with Crippen molar-refractivity contribution < 1.29 is 9.47 Å². The summed E-state index contributed by atoms with van der Waals surface area (Å²) in [5.74, 6) is 0.940. The van der Waals surface area contributed by atoms with E-state index in [1.165, 1.54) is 5.56 Å². The highest BCUT2D eigenvalue weighted by molar-refractivity contribution is 9.10. The van der Waals surface area contributed by atoms with E-state index in [9.17, 15) is 0 Å². The van der Waals surface area contributed by atoms with Crippen molar-refractivity contribution in [2.24, 2.45) is 0 Å². The zero-order chi connectivity index (χ0) is 13.9. The lowest BCUT2D eigenvalue weighted by atomic mass is 10.1. The van der Waals surface area contributed by atoms with Crippen molar-refractivity contribution in [1.29, 1.82) is 0 Å². The lowest BCUT2D eigenvalue weighted by Crippen LogP contribution is -2.35. The molecule has 3 nitrogen and oxygen atoms in total. The first-order chi connectivity index (χ1) is 8.96. The molecule has 0 spiro atoms. The lowest BCUT2D eigenvalue weighted by molar-refractivity contribution is 0.140. The Labute approximate surface area is 123 Å². The molecule has 2 rings (SSSR count). The zero-order valence-electron chi connectivity index (χ0n) is 11.8. The van der Waals surface area contributed by atoms with Crippen molar-refractivity contribution in [3.05, 3.63) is 28.2 Å². The summed E-state index contributed by atoms with van der Waals surface area (Å²) in [7, 11) is 0. The second-order valence-electron chi connectivity index (χ2n) is 5.94. The van der Waals surface area contributed by atoms with Gasteiger partial charge in [0.25, 0.3) is 0 Å². The van der Waals surface area contributed by atoms with Crippen molar-refractivity contribution >= 4 is 15.9 Å². The largest absolute Gasteiger partial charge is 0.486 e. The van der Waals surface area contributed by atoms with Crippen molar-refractivity contribution in [1.82, 2.24) is 5.32 Å². The smallest absolute Gasteiger partial charge is 0.138 e. The number of nitrogens with one attached hydrogen (secondary N) is 1. The molecule has 1 aliphatic heterocycles. The molecule has 1 aromatic carbocycles. The molecule has 1 aliphatic rings. The molecule has 106 valence electrons. The predicted molar refractivity (Wildman–Crippen MR) is 80.6 cm³/mol. The van der Waals surface area contributed by atoms with Gasteiger partial charge in [0, 0.05) is 24.1 Å². The van der Waals surface area contributed by atoms with Gasteiger partial charge in [-0.05, 0) is 42.8 Å². The molecule has 0 radical (unpaired) electrons. The molecule has 0 bridgehead atoms. The first kappa shape index (κ1) is 14.8. The number of hydrogen-bond donors (Lipinski definition) is 1. The Hall–Kier alpha value is -0.580. The number of hydrogen-bond acceptors (Lipinski definition) is 3. The minimum Gasteiger partial charge on any atom is -0.486 e. The summed E-state index contributed by atoms with van der Waals surface area (Å²) in [6, 6.07) is 6.17. The predicted octanol–water partition coefficient (Wildman–Crippen LogP) is 3.50. The number of halogens is 1. The van der Waals surface area contributed by atoms with E-state index >= 15 is 0 Å². The van der Waals surface area contributed by atoms with Gasteiger partial charge in [-0.1, -0.05) is 12.1 Å². The molecular weight excluding hydrogens is 306 g/mol. The normalized spacial score (nSPS) is 19.7. The molecule has 1 N–H and O–H groups in total. The summed E-state index contributed by atoms with van der Waals surface area (Å²) in [5, 5.41) is 3.50. The van der Waals surface area contributed by atoms with Crippen LogP contribution >= 0.6 is 15.9 Å². The number of benzene rings is 1. The summed E-state index contributed by atoms with van der Waals surface area (Å²) in [4.78, 5) is 0. The first-order valence-corrected chi connectivity index (χ1v) is 7.52. The highest BCUT2D eigenvalue weighted by Gasteiger charge is 2.20. The van der Waals surface area contributed by atoms with E-state index in [1.807, 2.05) is 12.1 Å². The van der Waals surface area contributed by atoms with Crippen LogP contribution in [0, 0.1) is 0 Å². The molecule has 1 saturated heterocycles. The second-order valence-corrected chi connectivity index (χ2v) is 6.79. The number of ether oxygens (including phenoxy) is 2. The molecule has 1 fully saturated rings. The maximum atomic E-state index is 6.09. The van der Waals surface area contributed by atoms with Gasteiger partial charge in [0.15, 0.2) is 0 Å². The summed E-state index contributed by atoms with van der Waals surface area (Å²) < 4.78 is 12.5. The molecule has 0 aliphatic carbocycles. The molecule has 1 atom stereocenters. The molecule has 0 amide bonds. The summed E-state index contributed by atoms with van der Waals surface area (Å²) in [6.07, 6.45) is 1.14. The summed E-state index contributed by atoms with van der Waals surface area (Å²) in [5.41, 5.74) is 1.27. The molecule has 19 heavy (non-hydrogen) atoms. The van der Waals surface area contributed by atoms with E-state index in [2.05, 4.69) is 48.1 Å². The average molecular weight is 328 g/mol. The topological polar surface area (TPSA) is 30.5 Å². The molecule has 0 aromatic heterocycles. The summed E-state index contributed by atoms with van der Waals surface area (Å²) >= 11 is 3.58. The van der Waals surface area contributed by atoms with Gasteiger partial charge in [0.1, 0.15) is 11.9 Å². The Morgan fingerprint density at radius 3 is 2.84 bits per heavy atom. The van der Waals surface area contributed by atoms with Gasteiger partial charge in [-0.2, -0.15) is 0 Å². The van der Waals surface area contributed by atoms with E-state index in [-0.39, 0.29) is 11.6 Å². The third kappa shape index (κ3) is 4.48. The SMILES string of the molecule is CC(C)(C)NCc1cccc(Br)c1OC1CCOC1. The Kier molecular flexibility index (Phi) is 4.87. The Balaban J connectivity index is 2.10. The Bertz CT molecular complexity index is 423. The van der Waals surface area contributed by atoms with Crippen LogP contribution in [0.5, 0.6) is 5.75 Å². The fourth-order valence-electron chi connectivity index (χ4n) is 1.96. The van der Waals surface area contributed by atoms with E-state index in [0.29, 0.717) is 6.61 Å². The van der Waals surface area contributed by atoms with E-state index in [4.69, 9.17) is 9.47 Å². The standard InChI is InChI=1S/C15H22BrNO2/c1-15(2,3)17-9-11-5-4-6-13(16)14(11)19-12-7-8-18-10-12/h4-6,12,17H,7-10H2,1-3H3. The van der Waals surface area contributed by atoms with Crippen LogP contribution in [0.3, 0.4) is 0 Å². The summed E-state index contributed by atoms with van der Waals surface area (Å²) in [6.45, 7) is 8.77. The molecule has 0 saturated carbocycles. The van der Waals surface area contributed by atoms with Gasteiger partial charge >= 0.3 is 0 Å². The van der Waals surface area contributed by atoms with Gasteiger partial charge in [0.05, 0.1) is 17.7 Å². The molecule has 1 aromatic rings. The quantitative estimate of drug-likeness (QED) is 0.918. The second kappa shape index (κ2) is 6.25. The lowest BCUT2D eigenvalue weighted by Gasteiger charge is -2.23. The Morgan fingerprint density at radius 2 is 2.21 bits per heavy atom. The fourth-order valence-corrected chi connectivity index (χ4v) is 2.46. The highest BCUT2D eigenvalue weighted by Crippen LogP contribution is 2.31. The van der Waals surface area contributed by atoms with Crippen LogP contribution < -0.4 is 10.1 Å². The maximum Gasteiger partial charge on any atom is 0.138 e. The van der Waals surface area contributed by atoms with E-state index < -0.39 is 0 Å². The Morgan fingerprint density at radius 1 is 1.42 bits per heavy atom. The minimum absolute atomic E-state index is 0.0933. The molecular formula is C15H22BrNO2. The third-order valence-electron chi connectivity index (χ3n) is 3.03. The maximum absolute atomic E-state index is 6.09. The van der Waals surface area contributed by atoms with Crippen LogP contribution in [0.4, 0.5) is 0 Å². The van der Waals surface area contributed by atoms with E-state index in [0.717, 1.165) is 29.8 Å². The minimum atomic E-state index is 0.0933. The third-order valence-corrected chi connectivity index (χ3v) is 3.65. The fraction of sp³-hybridized carbons (Fsp3) is 0.600. The van der Waals surface area contributed by atoms with Crippen LogP contribution in [0.1, 0.15) is 32.8 Å². The van der Waals surface area contributed by atoms with Crippen LogP contribution in [0.25, 0.3) is 0 Å². The molecule has 1 unspecified atom stereocenters. The van der Waals surface area contributed by atoms with Gasteiger partial charge < -0.3 is 14.8 Å². The van der Waals surface area contributed by atoms with Crippen molar-refractivity contribution in [2.75, 3.05) is 13.2 Å². The van der Waals surface area contributed by atoms with Crippen molar-refractivity contribution in [3.63, 3.8) is 0 Å². The van der Waals surface area contributed by atoms with Crippen LogP contribution in [0.15, 0.2) is 22.7 Å². The van der Waals surface area contributed by atoms with Crippen molar-refractivity contribution in [2.45, 2.75) is 45.4 Å². The van der Waals surface area contributed by atoms with Gasteiger partial charge in [-0.15, -0.1) is 0 Å². The van der Waals surface area contributed by atoms with Gasteiger partial charge in [-0.25, -0.2) is 0 Å². The van der Waals surface area contributed by atoms with Crippen LogP contribution in [0.2, 0.25) is 0 Å². The van der Waals surface area contributed by atoms with Gasteiger partial charge in [-0.3, -0.25) is 0 Å². The average Bonchev–Trinajstić information content (AvgIpc) is 2.82. The van der Waals surface area contributed by atoms with Gasteiger partial charge in [0.2, 0.25) is 0 Å². The molecule has 1 heterocycles. The molecule has 4 heteroatoms. The highest BCUT2D eigenvalue weighted by atomic mass is 79.9. The van der Waals surface area contributed by atoms with Crippen LogP contribution in [-0.2, 0) is 11.3 Å². The van der Waals surface area contributed by atoms with Crippen LogP contribution in [-0.4, -0.2) is 24.9 Å². The zero-order valence-corrected chi connectivity index (χ0v) is 13.4. The number of para-hydroxylation sites is 1.